The van der Waals surface area contributed by atoms with Crippen LogP contribution in [0.2, 0.25) is 0 Å². The van der Waals surface area contributed by atoms with Crippen molar-refractivity contribution in [3.8, 4) is 0 Å². The Morgan fingerprint density at radius 2 is 1.81 bits per heavy atom. The molecule has 1 unspecified atom stereocenters. The lowest BCUT2D eigenvalue weighted by molar-refractivity contribution is -0.136. The van der Waals surface area contributed by atoms with Gasteiger partial charge < -0.3 is 9.64 Å². The van der Waals surface area contributed by atoms with Crippen LogP contribution in [0.3, 0.4) is 0 Å². The first-order chi connectivity index (χ1) is 12.4. The van der Waals surface area contributed by atoms with Crippen molar-refractivity contribution in [1.82, 2.24) is 4.90 Å². The van der Waals surface area contributed by atoms with E-state index in [-0.39, 0.29) is 23.3 Å². The molecule has 1 fully saturated rings. The monoisotopic (exact) mass is 369 g/mol. The average Bonchev–Trinajstić information content (AvgIpc) is 3.12. The van der Waals surface area contributed by atoms with E-state index in [1.165, 1.54) is 11.1 Å². The summed E-state index contributed by atoms with van der Waals surface area (Å²) in [7, 11) is 0. The van der Waals surface area contributed by atoms with E-state index in [1.807, 2.05) is 47.0 Å². The standard InChI is InChI=1S/C22H27NO2S/c1-22(2,3)19-11-9-18(10-12-19)21-23(13-14-26-21)20(24)16-25-15-17-7-5-4-6-8-17/h4-12,21H,13-16H2,1-3H3. The van der Waals surface area contributed by atoms with E-state index in [4.69, 9.17) is 4.74 Å². The number of rotatable bonds is 5. The molecule has 138 valence electrons. The molecule has 2 aromatic carbocycles. The fourth-order valence-electron chi connectivity index (χ4n) is 3.06. The van der Waals surface area contributed by atoms with E-state index in [1.54, 1.807) is 0 Å². The van der Waals surface area contributed by atoms with Gasteiger partial charge in [-0.05, 0) is 22.1 Å². The summed E-state index contributed by atoms with van der Waals surface area (Å²) < 4.78 is 5.64. The Hall–Kier alpha value is -1.78. The van der Waals surface area contributed by atoms with Crippen molar-refractivity contribution >= 4 is 17.7 Å². The van der Waals surface area contributed by atoms with Gasteiger partial charge in [0.2, 0.25) is 5.91 Å². The normalized spacial score (nSPS) is 17.5. The van der Waals surface area contributed by atoms with Gasteiger partial charge in [0.1, 0.15) is 12.0 Å². The second-order valence-corrected chi connectivity index (χ2v) is 8.85. The van der Waals surface area contributed by atoms with Gasteiger partial charge in [-0.3, -0.25) is 4.79 Å². The maximum atomic E-state index is 12.6. The largest absolute Gasteiger partial charge is 0.367 e. The van der Waals surface area contributed by atoms with Crippen molar-refractivity contribution in [3.63, 3.8) is 0 Å². The second-order valence-electron chi connectivity index (χ2n) is 7.66. The van der Waals surface area contributed by atoms with E-state index in [0.717, 1.165) is 17.9 Å². The first-order valence-corrected chi connectivity index (χ1v) is 10.1. The average molecular weight is 370 g/mol. The molecule has 0 saturated carbocycles. The SMILES string of the molecule is CC(C)(C)c1ccc(C2SCCN2C(=O)COCc2ccccc2)cc1. The van der Waals surface area contributed by atoms with E-state index in [9.17, 15) is 4.79 Å². The van der Waals surface area contributed by atoms with Crippen LogP contribution in [0, 0.1) is 0 Å². The summed E-state index contributed by atoms with van der Waals surface area (Å²) in [5, 5.41) is 0.0943. The molecule has 1 saturated heterocycles. The van der Waals surface area contributed by atoms with Crippen LogP contribution in [0.1, 0.15) is 42.8 Å². The van der Waals surface area contributed by atoms with Gasteiger partial charge in [0.05, 0.1) is 6.61 Å². The van der Waals surface area contributed by atoms with E-state index in [0.29, 0.717) is 6.61 Å². The molecule has 0 radical (unpaired) electrons. The molecule has 0 bridgehead atoms. The summed E-state index contributed by atoms with van der Waals surface area (Å²) in [6.07, 6.45) is 0. The van der Waals surface area contributed by atoms with E-state index in [2.05, 4.69) is 45.0 Å². The van der Waals surface area contributed by atoms with Crippen molar-refractivity contribution in [2.24, 2.45) is 0 Å². The predicted octanol–water partition coefficient (Wildman–Crippen LogP) is 4.77. The first-order valence-electron chi connectivity index (χ1n) is 9.08. The maximum absolute atomic E-state index is 12.6. The number of nitrogens with zero attached hydrogens (tertiary/aromatic N) is 1. The molecule has 0 N–H and O–H groups in total. The van der Waals surface area contributed by atoms with Crippen LogP contribution in [0.4, 0.5) is 0 Å². The summed E-state index contributed by atoms with van der Waals surface area (Å²) in [5.74, 6) is 1.03. The summed E-state index contributed by atoms with van der Waals surface area (Å²) in [6.45, 7) is 8.03. The van der Waals surface area contributed by atoms with Crippen molar-refractivity contribution < 1.29 is 9.53 Å². The number of hydrogen-bond donors (Lipinski definition) is 0. The van der Waals surface area contributed by atoms with Gasteiger partial charge in [0.15, 0.2) is 0 Å². The topological polar surface area (TPSA) is 29.5 Å². The zero-order chi connectivity index (χ0) is 18.6. The highest BCUT2D eigenvalue weighted by molar-refractivity contribution is 7.99. The number of carbonyl (C=O) groups excluding carboxylic acids is 1. The minimum absolute atomic E-state index is 0.0656. The Morgan fingerprint density at radius 1 is 1.12 bits per heavy atom. The third kappa shape index (κ3) is 4.68. The van der Waals surface area contributed by atoms with Gasteiger partial charge in [-0.1, -0.05) is 75.4 Å². The van der Waals surface area contributed by atoms with Crippen LogP contribution in [-0.4, -0.2) is 29.7 Å². The molecule has 0 spiro atoms. The van der Waals surface area contributed by atoms with Gasteiger partial charge in [0.25, 0.3) is 0 Å². The molecule has 1 aliphatic rings. The third-order valence-electron chi connectivity index (χ3n) is 4.61. The lowest BCUT2D eigenvalue weighted by Crippen LogP contribution is -2.33. The molecule has 26 heavy (non-hydrogen) atoms. The molecular weight excluding hydrogens is 342 g/mol. The quantitative estimate of drug-likeness (QED) is 0.760. The Labute approximate surface area is 160 Å². The molecule has 1 aliphatic heterocycles. The number of benzene rings is 2. The summed E-state index contributed by atoms with van der Waals surface area (Å²) in [6, 6.07) is 18.6. The summed E-state index contributed by atoms with van der Waals surface area (Å²) in [5.41, 5.74) is 3.73. The van der Waals surface area contributed by atoms with Crippen molar-refractivity contribution in [2.45, 2.75) is 38.2 Å². The minimum Gasteiger partial charge on any atom is -0.367 e. The molecule has 0 aliphatic carbocycles. The Morgan fingerprint density at radius 3 is 2.46 bits per heavy atom. The van der Waals surface area contributed by atoms with Crippen LogP contribution in [0.25, 0.3) is 0 Å². The number of thioether (sulfide) groups is 1. The van der Waals surface area contributed by atoms with Gasteiger partial charge in [-0.2, -0.15) is 0 Å². The Kier molecular flexibility index (Phi) is 6.05. The fraction of sp³-hybridized carbons (Fsp3) is 0.409. The van der Waals surface area contributed by atoms with Gasteiger partial charge >= 0.3 is 0 Å². The predicted molar refractivity (Wildman–Crippen MR) is 108 cm³/mol. The van der Waals surface area contributed by atoms with Crippen LogP contribution in [0.5, 0.6) is 0 Å². The van der Waals surface area contributed by atoms with Gasteiger partial charge in [-0.15, -0.1) is 11.8 Å². The zero-order valence-electron chi connectivity index (χ0n) is 15.8. The maximum Gasteiger partial charge on any atom is 0.249 e. The zero-order valence-corrected chi connectivity index (χ0v) is 16.6. The van der Waals surface area contributed by atoms with Crippen molar-refractivity contribution in [1.29, 1.82) is 0 Å². The van der Waals surface area contributed by atoms with Crippen LogP contribution >= 0.6 is 11.8 Å². The van der Waals surface area contributed by atoms with Crippen LogP contribution in [0.15, 0.2) is 54.6 Å². The highest BCUT2D eigenvalue weighted by Gasteiger charge is 2.30. The smallest absolute Gasteiger partial charge is 0.249 e. The molecule has 4 heteroatoms. The molecular formula is C22H27NO2S. The summed E-state index contributed by atoms with van der Waals surface area (Å²) >= 11 is 1.82. The first kappa shape index (κ1) is 19.0. The lowest BCUT2D eigenvalue weighted by atomic mass is 9.87. The fourth-order valence-corrected chi connectivity index (χ4v) is 4.34. The molecule has 1 heterocycles. The highest BCUT2D eigenvalue weighted by atomic mass is 32.2. The number of ether oxygens (including phenoxy) is 1. The molecule has 2 aromatic rings. The second kappa shape index (κ2) is 8.28. The number of amides is 1. The molecule has 0 aromatic heterocycles. The molecule has 3 nitrogen and oxygen atoms in total. The number of carbonyl (C=O) groups is 1. The van der Waals surface area contributed by atoms with Crippen molar-refractivity contribution in [2.75, 3.05) is 18.9 Å². The summed E-state index contributed by atoms with van der Waals surface area (Å²) in [4.78, 5) is 14.6. The molecule has 1 amide bonds. The number of hydrogen-bond acceptors (Lipinski definition) is 3. The van der Waals surface area contributed by atoms with Crippen LogP contribution < -0.4 is 0 Å². The Balaban J connectivity index is 1.59. The van der Waals surface area contributed by atoms with Crippen molar-refractivity contribution in [3.05, 3.63) is 71.3 Å². The third-order valence-corrected chi connectivity index (χ3v) is 5.87. The van der Waals surface area contributed by atoms with Gasteiger partial charge in [0, 0.05) is 12.3 Å². The van der Waals surface area contributed by atoms with E-state index >= 15 is 0 Å². The minimum atomic E-state index is 0.0656. The highest BCUT2D eigenvalue weighted by Crippen LogP contribution is 2.38. The molecule has 1 atom stereocenters. The van der Waals surface area contributed by atoms with Gasteiger partial charge in [-0.25, -0.2) is 0 Å². The van der Waals surface area contributed by atoms with Crippen LogP contribution in [-0.2, 0) is 21.6 Å². The molecule has 3 rings (SSSR count). The Bertz CT molecular complexity index is 722. The lowest BCUT2D eigenvalue weighted by Gasteiger charge is -2.25. The van der Waals surface area contributed by atoms with E-state index < -0.39 is 0 Å².